The maximum atomic E-state index is 13.2. The minimum absolute atomic E-state index is 0.0191. The summed E-state index contributed by atoms with van der Waals surface area (Å²) in [5.41, 5.74) is 1.83. The van der Waals surface area contributed by atoms with E-state index in [-0.39, 0.29) is 25.2 Å². The van der Waals surface area contributed by atoms with Gasteiger partial charge in [0.25, 0.3) is 5.09 Å². The second-order valence-electron chi connectivity index (χ2n) is 10.8. The van der Waals surface area contributed by atoms with Crippen molar-refractivity contribution >= 4 is 52.7 Å². The lowest BCUT2D eigenvalue weighted by Crippen LogP contribution is -2.37. The van der Waals surface area contributed by atoms with Gasteiger partial charge in [0.15, 0.2) is 0 Å². The average molecular weight is 682 g/mol. The van der Waals surface area contributed by atoms with Gasteiger partial charge in [0.2, 0.25) is 6.10 Å². The van der Waals surface area contributed by atoms with Crippen LogP contribution in [-0.2, 0) is 63.9 Å². The zero-order valence-electron chi connectivity index (χ0n) is 25.5. The Morgan fingerprint density at radius 3 is 2.29 bits per heavy atom. The number of rotatable bonds is 16. The summed E-state index contributed by atoms with van der Waals surface area (Å²) >= 11 is 11.6. The largest absolute Gasteiger partial charge is 0.727 e. The van der Waals surface area contributed by atoms with Crippen LogP contribution in [0.25, 0.3) is 0 Å². The van der Waals surface area contributed by atoms with Crippen molar-refractivity contribution in [2.75, 3.05) is 39.5 Å². The Morgan fingerprint density at radius 2 is 1.69 bits per heavy atom. The number of benzene rings is 2. The minimum atomic E-state index is -2.45. The van der Waals surface area contributed by atoms with Gasteiger partial charge in [-0.2, -0.15) is 0 Å². The first-order valence-corrected chi connectivity index (χ1v) is 18.3. The molecule has 0 N–H and O–H groups in total. The van der Waals surface area contributed by atoms with Crippen LogP contribution in [0.3, 0.4) is 0 Å². The maximum Gasteiger partial charge on any atom is 0.356 e. The highest BCUT2D eigenvalue weighted by Crippen LogP contribution is 2.46. The van der Waals surface area contributed by atoms with Crippen molar-refractivity contribution in [2.24, 2.45) is 5.92 Å². The Morgan fingerprint density at radius 1 is 1.04 bits per heavy atom. The van der Waals surface area contributed by atoms with Gasteiger partial charge in [-0.05, 0) is 54.2 Å². The molecule has 1 aliphatic heterocycles. The summed E-state index contributed by atoms with van der Waals surface area (Å²) in [5.74, 6) is -2.50. The van der Waals surface area contributed by atoms with Crippen molar-refractivity contribution in [3.63, 3.8) is 0 Å². The predicted octanol–water partition coefficient (Wildman–Crippen LogP) is 3.85. The number of esters is 3. The first-order chi connectivity index (χ1) is 21.4. The molecule has 1 fully saturated rings. The van der Waals surface area contributed by atoms with Crippen molar-refractivity contribution in [3.05, 3.63) is 69.8 Å². The van der Waals surface area contributed by atoms with Gasteiger partial charge in [0.05, 0.1) is 25.7 Å². The molecule has 0 bridgehead atoms. The highest BCUT2D eigenvalue weighted by atomic mass is 32.9. The van der Waals surface area contributed by atoms with Gasteiger partial charge in [0, 0.05) is 19.5 Å². The molecule has 12 nitrogen and oxygen atoms in total. The third kappa shape index (κ3) is 11.7. The summed E-state index contributed by atoms with van der Waals surface area (Å²) < 4.78 is 23.6. The van der Waals surface area contributed by atoms with Gasteiger partial charge in [-0.3, -0.25) is 14.3 Å². The van der Waals surface area contributed by atoms with Gasteiger partial charge < -0.3 is 36.0 Å². The number of carbonyl (C=O) groups excluding carboxylic acids is 3. The summed E-state index contributed by atoms with van der Waals surface area (Å²) in [5, 5.41) is 7.65. The fraction of sp³-hybridized carbons (Fsp3) is 0.500. The van der Waals surface area contributed by atoms with Gasteiger partial charge in [0.1, 0.15) is 12.4 Å². The molecule has 0 amide bonds. The van der Waals surface area contributed by atoms with Crippen LogP contribution in [0.4, 0.5) is 0 Å². The van der Waals surface area contributed by atoms with Gasteiger partial charge in [-0.1, -0.05) is 55.6 Å². The molecule has 0 spiro atoms. The number of ether oxygens (including phenoxy) is 4. The number of hydrogen-bond donors (Lipinski definition) is 0. The molecule has 0 aliphatic carbocycles. The topological polar surface area (TPSA) is 144 Å². The normalized spacial score (nSPS) is 16.2. The Labute approximate surface area is 273 Å². The van der Waals surface area contributed by atoms with E-state index in [1.54, 1.807) is 31.2 Å². The van der Waals surface area contributed by atoms with Crippen LogP contribution in [0.15, 0.2) is 48.5 Å². The Bertz CT molecular complexity index is 1350. The summed E-state index contributed by atoms with van der Waals surface area (Å²) in [6, 6.07) is 14.1. The second-order valence-corrected chi connectivity index (χ2v) is 16.8. The number of carbonyl (C=O) groups is 3. The average Bonchev–Trinajstić information content (AvgIpc) is 3.01. The highest BCUT2D eigenvalue weighted by molar-refractivity contribution is 8.56. The van der Waals surface area contributed by atoms with Crippen LogP contribution in [0, 0.1) is 16.0 Å². The fourth-order valence-corrected chi connectivity index (χ4v) is 7.66. The van der Waals surface area contributed by atoms with Crippen LogP contribution in [0.2, 0.25) is 0 Å². The third-order valence-corrected chi connectivity index (χ3v) is 11.6. The number of nitrogens with zero attached hydrogens (tertiary/aromatic N) is 2. The molecule has 3 rings (SSSR count). The molecular weight excluding hydrogens is 643 g/mol. The molecule has 0 saturated carbocycles. The van der Waals surface area contributed by atoms with Crippen molar-refractivity contribution in [3.8, 4) is 5.75 Å². The summed E-state index contributed by atoms with van der Waals surface area (Å²) in [6.07, 6.45) is -0.866. The molecular formula is C30H38N2O10PS2-. The molecule has 3 unspecified atom stereocenters. The SMILES string of the molecule is CC(C)Cc1ccc(C(C)C(=O)OC(COC(=O)CCCO[N+](=O)[O-])C(=O)Oc2ccc(P(=S)([S-])N3CCOCC3)cc2)cc1. The lowest BCUT2D eigenvalue weighted by Gasteiger charge is -2.43. The molecule has 1 heterocycles. The van der Waals surface area contributed by atoms with Crippen molar-refractivity contribution < 1.29 is 43.3 Å². The van der Waals surface area contributed by atoms with E-state index >= 15 is 0 Å². The van der Waals surface area contributed by atoms with E-state index in [0.717, 1.165) is 17.3 Å². The van der Waals surface area contributed by atoms with Gasteiger partial charge in [-0.25, -0.2) is 4.79 Å². The van der Waals surface area contributed by atoms with E-state index in [1.165, 1.54) is 0 Å². The predicted molar refractivity (Wildman–Crippen MR) is 172 cm³/mol. The highest BCUT2D eigenvalue weighted by Gasteiger charge is 2.30. The Balaban J connectivity index is 1.68. The molecule has 0 radical (unpaired) electrons. The van der Waals surface area contributed by atoms with E-state index in [2.05, 4.69) is 23.4 Å². The molecule has 0 aromatic heterocycles. The van der Waals surface area contributed by atoms with Gasteiger partial charge >= 0.3 is 17.9 Å². The van der Waals surface area contributed by atoms with Crippen molar-refractivity contribution in [2.45, 2.75) is 52.1 Å². The van der Waals surface area contributed by atoms with E-state index < -0.39 is 47.0 Å². The van der Waals surface area contributed by atoms with Gasteiger partial charge in [-0.15, -0.1) is 21.9 Å². The van der Waals surface area contributed by atoms with E-state index in [1.807, 2.05) is 24.3 Å². The van der Waals surface area contributed by atoms with E-state index in [0.29, 0.717) is 37.8 Å². The summed E-state index contributed by atoms with van der Waals surface area (Å²) in [4.78, 5) is 53.0. The van der Waals surface area contributed by atoms with E-state index in [4.69, 9.17) is 43.0 Å². The lowest BCUT2D eigenvalue weighted by molar-refractivity contribution is -0.757. The molecule has 246 valence electrons. The summed E-state index contributed by atoms with van der Waals surface area (Å²) in [6.45, 7) is 7.39. The molecule has 45 heavy (non-hydrogen) atoms. The first kappa shape index (κ1) is 36.4. The van der Waals surface area contributed by atoms with Crippen molar-refractivity contribution in [1.82, 2.24) is 4.67 Å². The number of hydrogen-bond acceptors (Lipinski definition) is 12. The second kappa shape index (κ2) is 17.6. The Hall–Kier alpha value is -3.03. The van der Waals surface area contributed by atoms with Crippen LogP contribution in [0.1, 0.15) is 50.7 Å². The third-order valence-electron chi connectivity index (χ3n) is 6.86. The minimum Gasteiger partial charge on any atom is -0.727 e. The standard InChI is InChI=1S/C30H39N2O10PS2/c1-21(2)19-23-6-8-24(9-7-23)22(3)29(34)42-27(20-39-28(33)5-4-16-40-32(36)37)30(35)41-25-10-12-26(13-11-25)43(44,45)31-14-17-38-18-15-31/h6-13,21-22,27H,4-5,14-20H2,1-3H3,(H,44,45)/p-1. The first-order valence-electron chi connectivity index (χ1n) is 14.6. The smallest absolute Gasteiger partial charge is 0.356 e. The van der Waals surface area contributed by atoms with Crippen LogP contribution in [0.5, 0.6) is 5.75 Å². The molecule has 3 atom stereocenters. The van der Waals surface area contributed by atoms with E-state index in [9.17, 15) is 24.5 Å². The maximum absolute atomic E-state index is 13.2. The van der Waals surface area contributed by atoms with Crippen LogP contribution in [-0.4, -0.2) is 73.3 Å². The fourth-order valence-electron chi connectivity index (χ4n) is 4.40. The molecule has 1 saturated heterocycles. The monoisotopic (exact) mass is 681 g/mol. The summed E-state index contributed by atoms with van der Waals surface area (Å²) in [7, 11) is 0. The molecule has 1 aliphatic rings. The molecule has 2 aromatic rings. The zero-order chi connectivity index (χ0) is 33.0. The number of morpholine rings is 1. The van der Waals surface area contributed by atoms with Crippen LogP contribution < -0.4 is 10.0 Å². The quantitative estimate of drug-likeness (QED) is 0.0482. The lowest BCUT2D eigenvalue weighted by atomic mass is 9.97. The zero-order valence-corrected chi connectivity index (χ0v) is 28.0. The molecule has 15 heteroatoms. The molecule has 2 aromatic carbocycles. The van der Waals surface area contributed by atoms with Crippen LogP contribution >= 0.6 is 5.39 Å². The Kier molecular flexibility index (Phi) is 14.3. The van der Waals surface area contributed by atoms with Crippen molar-refractivity contribution in [1.29, 1.82) is 0 Å².